The molecule has 0 aromatic carbocycles. The summed E-state index contributed by atoms with van der Waals surface area (Å²) in [7, 11) is -3.56. The lowest BCUT2D eigenvalue weighted by Crippen LogP contribution is -2.57. The zero-order valence-electron chi connectivity index (χ0n) is 8.62. The maximum Gasteiger partial charge on any atom is 0.305 e. The van der Waals surface area contributed by atoms with Crippen molar-refractivity contribution in [3.63, 3.8) is 0 Å². The van der Waals surface area contributed by atoms with Gasteiger partial charge in [-0.05, 0) is 19.3 Å². The van der Waals surface area contributed by atoms with Gasteiger partial charge in [-0.3, -0.25) is 4.79 Å². The topological polar surface area (TPSA) is 95.5 Å². The zero-order valence-corrected chi connectivity index (χ0v) is 9.43. The molecule has 0 spiro atoms. The fraction of sp³-hybridized carbons (Fsp3) is 0.875. The van der Waals surface area contributed by atoms with E-state index in [0.717, 1.165) is 6.42 Å². The third kappa shape index (κ3) is 3.44. The van der Waals surface area contributed by atoms with Gasteiger partial charge in [0.25, 0.3) is 10.2 Å². The summed E-state index contributed by atoms with van der Waals surface area (Å²) in [6.07, 6.45) is 1.88. The molecule has 0 heterocycles. The van der Waals surface area contributed by atoms with Crippen molar-refractivity contribution >= 4 is 16.2 Å². The first kappa shape index (κ1) is 12.4. The van der Waals surface area contributed by atoms with Gasteiger partial charge in [0.1, 0.15) is 0 Å². The van der Waals surface area contributed by atoms with E-state index in [1.807, 2.05) is 0 Å². The fourth-order valence-corrected chi connectivity index (χ4v) is 3.02. The number of hydrogen-bond acceptors (Lipinski definition) is 3. The van der Waals surface area contributed by atoms with Crippen molar-refractivity contribution in [2.75, 3.05) is 6.54 Å². The lowest BCUT2D eigenvalue weighted by atomic mass is 9.75. The van der Waals surface area contributed by atoms with Gasteiger partial charge in [-0.25, -0.2) is 4.72 Å². The minimum absolute atomic E-state index is 0.155. The van der Waals surface area contributed by atoms with Crippen molar-refractivity contribution in [2.24, 2.45) is 0 Å². The van der Waals surface area contributed by atoms with Crippen molar-refractivity contribution in [1.29, 1.82) is 0 Å². The minimum Gasteiger partial charge on any atom is -0.481 e. The molecule has 15 heavy (non-hydrogen) atoms. The Morgan fingerprint density at radius 1 is 1.47 bits per heavy atom. The van der Waals surface area contributed by atoms with E-state index in [0.29, 0.717) is 19.4 Å². The summed E-state index contributed by atoms with van der Waals surface area (Å²) < 4.78 is 27.5. The molecule has 7 heteroatoms. The van der Waals surface area contributed by atoms with Crippen LogP contribution in [0.5, 0.6) is 0 Å². The quantitative estimate of drug-likeness (QED) is 0.596. The van der Waals surface area contributed by atoms with E-state index in [9.17, 15) is 13.2 Å². The molecule has 3 N–H and O–H groups in total. The van der Waals surface area contributed by atoms with E-state index in [1.54, 1.807) is 6.92 Å². The number of carbonyl (C=O) groups is 1. The summed E-state index contributed by atoms with van der Waals surface area (Å²) in [5.41, 5.74) is -0.771. The van der Waals surface area contributed by atoms with Gasteiger partial charge in [0, 0.05) is 12.1 Å². The average Bonchev–Trinajstić information content (AvgIpc) is 1.98. The van der Waals surface area contributed by atoms with E-state index in [4.69, 9.17) is 5.11 Å². The second kappa shape index (κ2) is 4.46. The Hall–Kier alpha value is -0.660. The number of carboxylic acids is 1. The van der Waals surface area contributed by atoms with Crippen LogP contribution in [0.1, 0.15) is 32.6 Å². The van der Waals surface area contributed by atoms with Crippen molar-refractivity contribution in [3.05, 3.63) is 0 Å². The second-order valence-corrected chi connectivity index (χ2v) is 5.31. The molecule has 1 rings (SSSR count). The van der Waals surface area contributed by atoms with Gasteiger partial charge in [0.15, 0.2) is 0 Å². The molecule has 0 bridgehead atoms. The first-order valence-corrected chi connectivity index (χ1v) is 6.38. The lowest BCUT2D eigenvalue weighted by Gasteiger charge is -2.40. The highest BCUT2D eigenvalue weighted by Crippen LogP contribution is 2.35. The van der Waals surface area contributed by atoms with E-state index >= 15 is 0 Å². The molecule has 88 valence electrons. The normalized spacial score (nSPS) is 19.5. The molecule has 0 radical (unpaired) electrons. The summed E-state index contributed by atoms with van der Waals surface area (Å²) in [6.45, 7) is 1.96. The van der Waals surface area contributed by atoms with Crippen LogP contribution in [0.4, 0.5) is 0 Å². The molecule has 1 aliphatic rings. The summed E-state index contributed by atoms with van der Waals surface area (Å²) in [5, 5.41) is 8.69. The van der Waals surface area contributed by atoms with Crippen LogP contribution in [-0.4, -0.2) is 31.6 Å². The van der Waals surface area contributed by atoms with Crippen LogP contribution < -0.4 is 9.44 Å². The molecule has 1 aliphatic carbocycles. The smallest absolute Gasteiger partial charge is 0.305 e. The van der Waals surface area contributed by atoms with Crippen molar-refractivity contribution < 1.29 is 18.3 Å². The van der Waals surface area contributed by atoms with Crippen LogP contribution in [0.15, 0.2) is 0 Å². The Balaban J connectivity index is 2.64. The maximum atomic E-state index is 11.4. The largest absolute Gasteiger partial charge is 0.481 e. The van der Waals surface area contributed by atoms with Gasteiger partial charge in [-0.2, -0.15) is 13.1 Å². The summed E-state index contributed by atoms with van der Waals surface area (Å²) >= 11 is 0. The third-order valence-corrected chi connectivity index (χ3v) is 3.86. The standard InChI is InChI=1S/C8H16N2O4S/c1-2-9-15(13,14)10-8(4-3-5-8)6-7(11)12/h9-10H,2-6H2,1H3,(H,11,12). The zero-order chi connectivity index (χ0) is 11.5. The van der Waals surface area contributed by atoms with Gasteiger partial charge >= 0.3 is 5.97 Å². The Labute approximate surface area is 89.2 Å². The highest BCUT2D eigenvalue weighted by atomic mass is 32.2. The molecule has 6 nitrogen and oxygen atoms in total. The highest BCUT2D eigenvalue weighted by Gasteiger charge is 2.41. The first-order chi connectivity index (χ1) is 6.89. The molecule has 1 fully saturated rings. The van der Waals surface area contributed by atoms with Crippen LogP contribution in [0.2, 0.25) is 0 Å². The fourth-order valence-electron chi connectivity index (χ4n) is 1.72. The molecular formula is C8H16N2O4S. The van der Waals surface area contributed by atoms with Crippen molar-refractivity contribution in [2.45, 2.75) is 38.1 Å². The Morgan fingerprint density at radius 3 is 2.40 bits per heavy atom. The predicted molar refractivity (Wildman–Crippen MR) is 54.6 cm³/mol. The molecule has 0 aromatic heterocycles. The number of rotatable bonds is 6. The Bertz CT molecular complexity index is 335. The third-order valence-electron chi connectivity index (χ3n) is 2.49. The summed E-state index contributed by atoms with van der Waals surface area (Å²) in [5.74, 6) is -0.978. The SMILES string of the molecule is CCNS(=O)(=O)NC1(CC(=O)O)CCC1. The van der Waals surface area contributed by atoms with E-state index in [1.165, 1.54) is 0 Å². The number of hydrogen-bond donors (Lipinski definition) is 3. The number of nitrogens with one attached hydrogen (secondary N) is 2. The Morgan fingerprint density at radius 2 is 2.07 bits per heavy atom. The molecule has 0 amide bonds. The van der Waals surface area contributed by atoms with Crippen LogP contribution in [0.25, 0.3) is 0 Å². The molecular weight excluding hydrogens is 220 g/mol. The summed E-state index contributed by atoms with van der Waals surface area (Å²) in [4.78, 5) is 10.6. The van der Waals surface area contributed by atoms with E-state index < -0.39 is 21.7 Å². The van der Waals surface area contributed by atoms with Gasteiger partial charge in [0.05, 0.1) is 6.42 Å². The first-order valence-electron chi connectivity index (χ1n) is 4.89. The number of carboxylic acid groups (broad SMARTS) is 1. The van der Waals surface area contributed by atoms with E-state index in [-0.39, 0.29) is 6.42 Å². The maximum absolute atomic E-state index is 11.4. The van der Waals surface area contributed by atoms with Crippen molar-refractivity contribution in [1.82, 2.24) is 9.44 Å². The van der Waals surface area contributed by atoms with Gasteiger partial charge < -0.3 is 5.11 Å². The van der Waals surface area contributed by atoms with Gasteiger partial charge in [-0.15, -0.1) is 0 Å². The monoisotopic (exact) mass is 236 g/mol. The average molecular weight is 236 g/mol. The van der Waals surface area contributed by atoms with Crippen LogP contribution in [0.3, 0.4) is 0 Å². The van der Waals surface area contributed by atoms with E-state index in [2.05, 4.69) is 9.44 Å². The molecule has 0 atom stereocenters. The van der Waals surface area contributed by atoms with Gasteiger partial charge in [-0.1, -0.05) is 6.92 Å². The molecule has 1 saturated carbocycles. The lowest BCUT2D eigenvalue weighted by molar-refractivity contribution is -0.139. The Kier molecular flexibility index (Phi) is 3.69. The minimum atomic E-state index is -3.56. The number of aliphatic carboxylic acids is 1. The van der Waals surface area contributed by atoms with Crippen LogP contribution in [0, 0.1) is 0 Å². The predicted octanol–water partition coefficient (Wildman–Crippen LogP) is -0.172. The van der Waals surface area contributed by atoms with Gasteiger partial charge in [0.2, 0.25) is 0 Å². The molecule has 0 aromatic rings. The second-order valence-electron chi connectivity index (χ2n) is 3.81. The highest BCUT2D eigenvalue weighted by molar-refractivity contribution is 7.87. The molecule has 0 aliphatic heterocycles. The van der Waals surface area contributed by atoms with Crippen molar-refractivity contribution in [3.8, 4) is 0 Å². The molecule has 0 saturated heterocycles. The summed E-state index contributed by atoms with van der Waals surface area (Å²) in [6, 6.07) is 0. The molecule has 0 unspecified atom stereocenters. The van der Waals surface area contributed by atoms with Crippen LogP contribution >= 0.6 is 0 Å². The van der Waals surface area contributed by atoms with Crippen LogP contribution in [-0.2, 0) is 15.0 Å².